The van der Waals surface area contributed by atoms with Gasteiger partial charge in [0.1, 0.15) is 5.75 Å². The van der Waals surface area contributed by atoms with Crippen LogP contribution in [0.1, 0.15) is 23.0 Å². The van der Waals surface area contributed by atoms with Crippen LogP contribution in [0.15, 0.2) is 24.3 Å². The van der Waals surface area contributed by atoms with E-state index in [0.717, 1.165) is 10.9 Å². The number of carbonyl (C=O) groups excluding carboxylic acids is 2. The first-order valence-electron chi connectivity index (χ1n) is 8.50. The van der Waals surface area contributed by atoms with Crippen LogP contribution in [0.3, 0.4) is 0 Å². The maximum Gasteiger partial charge on any atom is 0.340 e. The number of pyridine rings is 1. The number of methoxy groups -OCH3 is 1. The first kappa shape index (κ1) is 18.1. The number of ether oxygens (including phenoxy) is 3. The summed E-state index contributed by atoms with van der Waals surface area (Å²) in [6, 6.07) is 7.16. The van der Waals surface area contributed by atoms with Crippen molar-refractivity contribution in [2.45, 2.75) is 20.0 Å². The molecule has 1 amide bonds. The fourth-order valence-electron chi connectivity index (χ4n) is 2.93. The first-order valence-corrected chi connectivity index (χ1v) is 8.50. The zero-order valence-electron chi connectivity index (χ0n) is 15.2. The van der Waals surface area contributed by atoms with Gasteiger partial charge < -0.3 is 19.1 Å². The van der Waals surface area contributed by atoms with Gasteiger partial charge in [-0.3, -0.25) is 9.78 Å². The van der Waals surface area contributed by atoms with Crippen molar-refractivity contribution < 1.29 is 23.8 Å². The number of carbonyl (C=O) groups is 2. The number of nitrogens with zero attached hydrogens (tertiary/aromatic N) is 2. The lowest BCUT2D eigenvalue weighted by Crippen LogP contribution is -2.46. The molecule has 1 saturated heterocycles. The van der Waals surface area contributed by atoms with E-state index in [1.165, 1.54) is 0 Å². The summed E-state index contributed by atoms with van der Waals surface area (Å²) < 4.78 is 15.8. The average Bonchev–Trinajstić information content (AvgIpc) is 2.64. The summed E-state index contributed by atoms with van der Waals surface area (Å²) in [6.45, 7) is 4.87. The highest BCUT2D eigenvalue weighted by Crippen LogP contribution is 2.22. The van der Waals surface area contributed by atoms with Gasteiger partial charge in [0.15, 0.2) is 6.61 Å². The molecular weight excluding hydrogens is 336 g/mol. The molecule has 138 valence electrons. The third-order valence-corrected chi connectivity index (χ3v) is 4.35. The topological polar surface area (TPSA) is 78.0 Å². The standard InChI is InChI=1S/C19H22N2O5/c1-12-10-21(6-7-25-12)18(22)11-26-19(23)16-9-14-8-15(24-3)4-5-17(14)20-13(16)2/h4-5,8-9,12H,6-7,10-11H2,1-3H3. The highest BCUT2D eigenvalue weighted by atomic mass is 16.5. The van der Waals surface area contributed by atoms with E-state index in [1.54, 1.807) is 31.1 Å². The Labute approximate surface area is 151 Å². The summed E-state index contributed by atoms with van der Waals surface area (Å²) in [5.74, 6) is -0.102. The molecule has 1 fully saturated rings. The van der Waals surface area contributed by atoms with Crippen LogP contribution < -0.4 is 4.74 Å². The molecule has 1 aromatic heterocycles. The number of hydrogen-bond donors (Lipinski definition) is 0. The quantitative estimate of drug-likeness (QED) is 0.778. The molecule has 1 atom stereocenters. The van der Waals surface area contributed by atoms with E-state index in [2.05, 4.69) is 4.98 Å². The molecule has 0 spiro atoms. The SMILES string of the molecule is COc1ccc2nc(C)c(C(=O)OCC(=O)N3CCOC(C)C3)cc2c1. The van der Waals surface area contributed by atoms with Gasteiger partial charge in [-0.2, -0.15) is 0 Å². The number of aromatic nitrogens is 1. The van der Waals surface area contributed by atoms with E-state index in [1.807, 2.05) is 19.1 Å². The van der Waals surface area contributed by atoms with Crippen LogP contribution in [0.2, 0.25) is 0 Å². The molecule has 0 saturated carbocycles. The fourth-order valence-corrected chi connectivity index (χ4v) is 2.93. The Morgan fingerprint density at radius 2 is 2.15 bits per heavy atom. The van der Waals surface area contributed by atoms with Crippen molar-refractivity contribution >= 4 is 22.8 Å². The average molecular weight is 358 g/mol. The van der Waals surface area contributed by atoms with Crippen LogP contribution in [-0.2, 0) is 14.3 Å². The number of fused-ring (bicyclic) bond motifs is 1. The van der Waals surface area contributed by atoms with Gasteiger partial charge in [0.25, 0.3) is 5.91 Å². The van der Waals surface area contributed by atoms with E-state index < -0.39 is 5.97 Å². The molecule has 0 aliphatic carbocycles. The summed E-state index contributed by atoms with van der Waals surface area (Å²) in [7, 11) is 1.58. The first-order chi connectivity index (χ1) is 12.5. The molecule has 2 heterocycles. The molecule has 2 aromatic rings. The number of hydrogen-bond acceptors (Lipinski definition) is 6. The van der Waals surface area contributed by atoms with E-state index in [4.69, 9.17) is 14.2 Å². The molecule has 0 radical (unpaired) electrons. The Morgan fingerprint density at radius 3 is 2.88 bits per heavy atom. The molecule has 26 heavy (non-hydrogen) atoms. The Kier molecular flexibility index (Phi) is 5.37. The molecular formula is C19H22N2O5. The Hall–Kier alpha value is -2.67. The predicted octanol–water partition coefficient (Wildman–Crippen LogP) is 1.96. The van der Waals surface area contributed by atoms with Crippen molar-refractivity contribution in [2.75, 3.05) is 33.4 Å². The van der Waals surface area contributed by atoms with E-state index in [-0.39, 0.29) is 18.6 Å². The maximum atomic E-state index is 12.4. The smallest absolute Gasteiger partial charge is 0.340 e. The predicted molar refractivity (Wildman–Crippen MR) is 95.3 cm³/mol. The second-order valence-corrected chi connectivity index (χ2v) is 6.28. The molecule has 7 nitrogen and oxygen atoms in total. The van der Waals surface area contributed by atoms with Crippen LogP contribution in [0.25, 0.3) is 10.9 Å². The van der Waals surface area contributed by atoms with Gasteiger partial charge in [-0.15, -0.1) is 0 Å². The molecule has 0 bridgehead atoms. The lowest BCUT2D eigenvalue weighted by Gasteiger charge is -2.30. The highest BCUT2D eigenvalue weighted by Gasteiger charge is 2.23. The van der Waals surface area contributed by atoms with E-state index >= 15 is 0 Å². The number of benzene rings is 1. The summed E-state index contributed by atoms with van der Waals surface area (Å²) in [6.07, 6.45) is -0.00897. The summed E-state index contributed by atoms with van der Waals surface area (Å²) >= 11 is 0. The van der Waals surface area contributed by atoms with Crippen LogP contribution in [0.5, 0.6) is 5.75 Å². The minimum atomic E-state index is -0.561. The number of aryl methyl sites for hydroxylation is 1. The van der Waals surface area contributed by atoms with Gasteiger partial charge in [0.2, 0.25) is 0 Å². The second kappa shape index (κ2) is 7.70. The van der Waals surface area contributed by atoms with Crippen LogP contribution in [0, 0.1) is 6.92 Å². The third-order valence-electron chi connectivity index (χ3n) is 4.35. The second-order valence-electron chi connectivity index (χ2n) is 6.28. The molecule has 0 N–H and O–H groups in total. The minimum Gasteiger partial charge on any atom is -0.497 e. The van der Waals surface area contributed by atoms with Crippen molar-refractivity contribution in [3.8, 4) is 5.75 Å². The van der Waals surface area contributed by atoms with Gasteiger partial charge in [0, 0.05) is 18.5 Å². The molecule has 3 rings (SSSR count). The number of morpholine rings is 1. The van der Waals surface area contributed by atoms with E-state index in [0.29, 0.717) is 36.7 Å². The van der Waals surface area contributed by atoms with Crippen LogP contribution in [-0.4, -0.2) is 61.3 Å². The lowest BCUT2D eigenvalue weighted by molar-refractivity contribution is -0.141. The van der Waals surface area contributed by atoms with Crippen molar-refractivity contribution in [3.05, 3.63) is 35.5 Å². The van der Waals surface area contributed by atoms with Gasteiger partial charge in [-0.25, -0.2) is 4.79 Å². The number of rotatable bonds is 4. The van der Waals surface area contributed by atoms with Gasteiger partial charge in [-0.1, -0.05) is 0 Å². The molecule has 1 aliphatic rings. The van der Waals surface area contributed by atoms with Crippen LogP contribution >= 0.6 is 0 Å². The minimum absolute atomic E-state index is 0.00897. The van der Waals surface area contributed by atoms with Gasteiger partial charge in [0.05, 0.1) is 36.6 Å². The Morgan fingerprint density at radius 1 is 1.35 bits per heavy atom. The summed E-state index contributed by atoms with van der Waals surface area (Å²) in [5.41, 5.74) is 1.66. The van der Waals surface area contributed by atoms with Gasteiger partial charge in [-0.05, 0) is 38.1 Å². The highest BCUT2D eigenvalue weighted by molar-refractivity contribution is 5.96. The Bertz CT molecular complexity index is 836. The Balaban J connectivity index is 1.70. The molecule has 1 aromatic carbocycles. The largest absolute Gasteiger partial charge is 0.497 e. The van der Waals surface area contributed by atoms with Crippen molar-refractivity contribution in [2.24, 2.45) is 0 Å². The number of esters is 1. The summed E-state index contributed by atoms with van der Waals surface area (Å²) in [4.78, 5) is 30.7. The third kappa shape index (κ3) is 3.94. The van der Waals surface area contributed by atoms with E-state index in [9.17, 15) is 9.59 Å². The van der Waals surface area contributed by atoms with Crippen molar-refractivity contribution in [1.29, 1.82) is 0 Å². The molecule has 1 unspecified atom stereocenters. The zero-order valence-corrected chi connectivity index (χ0v) is 15.2. The zero-order chi connectivity index (χ0) is 18.7. The van der Waals surface area contributed by atoms with Crippen molar-refractivity contribution in [3.63, 3.8) is 0 Å². The fraction of sp³-hybridized carbons (Fsp3) is 0.421. The lowest BCUT2D eigenvalue weighted by atomic mass is 10.1. The van der Waals surface area contributed by atoms with Crippen LogP contribution in [0.4, 0.5) is 0 Å². The van der Waals surface area contributed by atoms with Crippen molar-refractivity contribution in [1.82, 2.24) is 9.88 Å². The monoisotopic (exact) mass is 358 g/mol. The normalized spacial score (nSPS) is 17.2. The molecule has 1 aliphatic heterocycles. The number of amides is 1. The van der Waals surface area contributed by atoms with Gasteiger partial charge >= 0.3 is 5.97 Å². The summed E-state index contributed by atoms with van der Waals surface area (Å²) in [5, 5.41) is 0.773. The molecule has 7 heteroatoms. The maximum absolute atomic E-state index is 12.4.